The van der Waals surface area contributed by atoms with Crippen LogP contribution >= 0.6 is 11.6 Å². The molecule has 0 heterocycles. The maximum absolute atomic E-state index is 10.5. The van der Waals surface area contributed by atoms with E-state index in [0.29, 0.717) is 6.42 Å². The van der Waals surface area contributed by atoms with Gasteiger partial charge in [-0.1, -0.05) is 11.6 Å². The Morgan fingerprint density at radius 3 is 2.92 bits per heavy atom. The molecule has 0 aromatic carbocycles. The number of allylic oxidation sites excluding steroid dienone is 4. The second kappa shape index (κ2) is 2.23. The van der Waals surface area contributed by atoms with E-state index in [9.17, 15) is 15.2 Å². The Kier molecular flexibility index (Phi) is 1.41. The highest BCUT2D eigenvalue weighted by atomic mass is 35.5. The predicted octanol–water partition coefficient (Wildman–Crippen LogP) is 1.81. The zero-order valence-electron chi connectivity index (χ0n) is 6.03. The lowest BCUT2D eigenvalue weighted by Crippen LogP contribution is -2.08. The normalized spacial score (nSPS) is 32.6. The fraction of sp³-hybridized carbons (Fsp3) is 0.429. The molecule has 2 atom stereocenters. The van der Waals surface area contributed by atoms with Crippen LogP contribution in [-0.4, -0.2) is 10.0 Å². The van der Waals surface area contributed by atoms with Crippen molar-refractivity contribution in [2.45, 2.75) is 6.42 Å². The van der Waals surface area contributed by atoms with Crippen molar-refractivity contribution in [3.8, 4) is 0 Å². The molecule has 2 aliphatic rings. The molecule has 0 bridgehead atoms. The second-order valence-electron chi connectivity index (χ2n) is 3.01. The highest BCUT2D eigenvalue weighted by Gasteiger charge is 2.52. The van der Waals surface area contributed by atoms with Crippen molar-refractivity contribution in [2.24, 2.45) is 11.8 Å². The van der Waals surface area contributed by atoms with Gasteiger partial charge >= 0.3 is 0 Å². The molecule has 1 saturated carbocycles. The van der Waals surface area contributed by atoms with Crippen LogP contribution in [0.5, 0.6) is 0 Å². The average Bonchev–Trinajstić information content (AvgIpc) is 2.65. The van der Waals surface area contributed by atoms with Crippen LogP contribution < -0.4 is 0 Å². The van der Waals surface area contributed by atoms with E-state index in [-0.39, 0.29) is 28.3 Å². The molecule has 0 aliphatic heterocycles. The Hall–Kier alpha value is -1.03. The summed E-state index contributed by atoms with van der Waals surface area (Å²) >= 11 is 5.60. The molecule has 4 nitrogen and oxygen atoms in total. The molecule has 2 rings (SSSR count). The Morgan fingerprint density at radius 1 is 1.67 bits per heavy atom. The molecule has 0 spiro atoms. The van der Waals surface area contributed by atoms with Gasteiger partial charge in [0, 0.05) is 12.0 Å². The fourth-order valence-corrected chi connectivity index (χ4v) is 1.86. The molecule has 2 aliphatic carbocycles. The zero-order chi connectivity index (χ0) is 8.88. The van der Waals surface area contributed by atoms with Crippen molar-refractivity contribution >= 4 is 11.6 Å². The first-order valence-electron chi connectivity index (χ1n) is 3.56. The summed E-state index contributed by atoms with van der Waals surface area (Å²) in [5.74, 6) is -0.0269. The van der Waals surface area contributed by atoms with E-state index in [1.54, 1.807) is 0 Å². The van der Waals surface area contributed by atoms with Crippen molar-refractivity contribution in [1.29, 1.82) is 0 Å². The Bertz CT molecular complexity index is 321. The largest absolute Gasteiger partial charge is 0.512 e. The van der Waals surface area contributed by atoms with Gasteiger partial charge in [0.2, 0.25) is 0 Å². The molecular weight excluding hydrogens is 182 g/mol. The number of rotatable bonds is 1. The van der Waals surface area contributed by atoms with Crippen molar-refractivity contribution in [2.75, 3.05) is 0 Å². The van der Waals surface area contributed by atoms with Gasteiger partial charge in [-0.2, -0.15) is 0 Å². The van der Waals surface area contributed by atoms with Crippen LogP contribution in [0.4, 0.5) is 0 Å². The summed E-state index contributed by atoms with van der Waals surface area (Å²) in [5.41, 5.74) is 0.0551. The number of fused-ring (bicyclic) bond motifs is 1. The maximum Gasteiger partial charge on any atom is 0.268 e. The van der Waals surface area contributed by atoms with Gasteiger partial charge in [-0.3, -0.25) is 10.1 Å². The molecule has 0 aromatic rings. The van der Waals surface area contributed by atoms with Gasteiger partial charge in [0.1, 0.15) is 5.03 Å². The number of aliphatic hydroxyl groups is 1. The quantitative estimate of drug-likeness (QED) is 0.503. The van der Waals surface area contributed by atoms with Crippen molar-refractivity contribution in [1.82, 2.24) is 0 Å². The summed E-state index contributed by atoms with van der Waals surface area (Å²) in [6.45, 7) is 0. The van der Waals surface area contributed by atoms with Gasteiger partial charge in [-0.15, -0.1) is 0 Å². The Morgan fingerprint density at radius 2 is 2.33 bits per heavy atom. The van der Waals surface area contributed by atoms with E-state index in [0.717, 1.165) is 0 Å². The van der Waals surface area contributed by atoms with Crippen molar-refractivity contribution in [3.05, 3.63) is 32.7 Å². The number of nitrogens with zero attached hydrogens (tertiary/aromatic N) is 1. The van der Waals surface area contributed by atoms with Crippen LogP contribution in [0.1, 0.15) is 6.42 Å². The predicted molar refractivity (Wildman–Crippen MR) is 42.2 cm³/mol. The molecule has 0 radical (unpaired) electrons. The molecule has 12 heavy (non-hydrogen) atoms. The molecule has 2 unspecified atom stereocenters. The molecule has 64 valence electrons. The Labute approximate surface area is 73.3 Å². The smallest absolute Gasteiger partial charge is 0.268 e. The topological polar surface area (TPSA) is 63.4 Å². The van der Waals surface area contributed by atoms with Gasteiger partial charge in [-0.25, -0.2) is 0 Å². The van der Waals surface area contributed by atoms with E-state index in [1.165, 1.54) is 6.08 Å². The lowest BCUT2D eigenvalue weighted by Gasteiger charge is -2.05. The molecular formula is C7H6ClNO3. The number of halogens is 1. The highest BCUT2D eigenvalue weighted by Crippen LogP contribution is 2.52. The van der Waals surface area contributed by atoms with E-state index in [1.807, 2.05) is 0 Å². The summed E-state index contributed by atoms with van der Waals surface area (Å²) in [4.78, 5) is 10.00. The molecule has 0 saturated heterocycles. The van der Waals surface area contributed by atoms with Gasteiger partial charge in [0.15, 0.2) is 0 Å². The summed E-state index contributed by atoms with van der Waals surface area (Å²) < 4.78 is 0. The molecule has 0 aromatic heterocycles. The molecule has 5 heteroatoms. The molecule has 1 fully saturated rings. The lowest BCUT2D eigenvalue weighted by molar-refractivity contribution is -0.431. The highest BCUT2D eigenvalue weighted by molar-refractivity contribution is 6.31. The Balaban J connectivity index is 2.43. The van der Waals surface area contributed by atoms with E-state index in [4.69, 9.17) is 11.6 Å². The minimum atomic E-state index is -0.462. The van der Waals surface area contributed by atoms with Crippen LogP contribution in [0.2, 0.25) is 0 Å². The van der Waals surface area contributed by atoms with Crippen LogP contribution in [0, 0.1) is 22.0 Å². The molecule has 0 amide bonds. The minimum absolute atomic E-state index is 0.0482. The maximum atomic E-state index is 10.5. The number of nitro groups is 1. The van der Waals surface area contributed by atoms with Crippen LogP contribution in [-0.2, 0) is 0 Å². The van der Waals surface area contributed by atoms with Crippen LogP contribution in [0.15, 0.2) is 22.6 Å². The second-order valence-corrected chi connectivity index (χ2v) is 3.42. The first kappa shape index (κ1) is 7.61. The average molecular weight is 188 g/mol. The fourth-order valence-electron chi connectivity index (χ4n) is 1.53. The van der Waals surface area contributed by atoms with E-state index in [2.05, 4.69) is 0 Å². The SMILES string of the molecule is O=[N+]([O-])C1=C(Cl)C=C(O)C2CC12. The van der Waals surface area contributed by atoms with Gasteiger partial charge in [-0.05, 0) is 6.42 Å². The van der Waals surface area contributed by atoms with Crippen molar-refractivity contribution < 1.29 is 10.0 Å². The first-order chi connectivity index (χ1) is 5.61. The van der Waals surface area contributed by atoms with Gasteiger partial charge < -0.3 is 5.11 Å². The summed E-state index contributed by atoms with van der Waals surface area (Å²) in [5, 5.41) is 19.7. The van der Waals surface area contributed by atoms with E-state index >= 15 is 0 Å². The standard InChI is InChI=1S/C7H6ClNO3/c8-5-2-6(10)3-1-4(3)7(5)9(11)12/h2-4,10H,1H2. The monoisotopic (exact) mass is 187 g/mol. The zero-order valence-corrected chi connectivity index (χ0v) is 6.78. The van der Waals surface area contributed by atoms with Crippen LogP contribution in [0.3, 0.4) is 0 Å². The summed E-state index contributed by atoms with van der Waals surface area (Å²) in [6, 6.07) is 0. The number of hydrogen-bond donors (Lipinski definition) is 1. The van der Waals surface area contributed by atoms with Gasteiger partial charge in [0.05, 0.1) is 16.6 Å². The first-order valence-corrected chi connectivity index (χ1v) is 3.93. The molecule has 1 N–H and O–H groups in total. The van der Waals surface area contributed by atoms with Gasteiger partial charge in [0.25, 0.3) is 5.70 Å². The third-order valence-corrected chi connectivity index (χ3v) is 2.54. The summed E-state index contributed by atoms with van der Waals surface area (Å²) in [6.07, 6.45) is 1.92. The summed E-state index contributed by atoms with van der Waals surface area (Å²) in [7, 11) is 0. The minimum Gasteiger partial charge on any atom is -0.512 e. The van der Waals surface area contributed by atoms with E-state index < -0.39 is 4.92 Å². The van der Waals surface area contributed by atoms with Crippen LogP contribution in [0.25, 0.3) is 0 Å². The van der Waals surface area contributed by atoms with Crippen molar-refractivity contribution in [3.63, 3.8) is 0 Å². The lowest BCUT2D eigenvalue weighted by atomic mass is 10.1. The number of aliphatic hydroxyl groups excluding tert-OH is 1. The third kappa shape index (κ3) is 0.914. The third-order valence-electron chi connectivity index (χ3n) is 2.24. The number of hydrogen-bond acceptors (Lipinski definition) is 3.